The van der Waals surface area contributed by atoms with Gasteiger partial charge >= 0.3 is 12.1 Å². The molecule has 1 atom stereocenters. The van der Waals surface area contributed by atoms with E-state index in [1.807, 2.05) is 6.07 Å². The quantitative estimate of drug-likeness (QED) is 0.489. The highest BCUT2D eigenvalue weighted by Gasteiger charge is 2.48. The van der Waals surface area contributed by atoms with Gasteiger partial charge in [0, 0.05) is 11.4 Å². The van der Waals surface area contributed by atoms with Crippen LogP contribution in [0.2, 0.25) is 0 Å². The predicted octanol–water partition coefficient (Wildman–Crippen LogP) is 4.56. The van der Waals surface area contributed by atoms with E-state index < -0.39 is 40.8 Å². The van der Waals surface area contributed by atoms with Crippen LogP contribution in [0.4, 0.5) is 9.18 Å². The summed E-state index contributed by atoms with van der Waals surface area (Å²) < 4.78 is 24.8. The molecular formula is C25H29FN4O5S. The second-order valence-corrected chi connectivity index (χ2v) is 11.4. The third-order valence-corrected chi connectivity index (χ3v) is 7.33. The van der Waals surface area contributed by atoms with Gasteiger partial charge in [-0.3, -0.25) is 14.5 Å². The van der Waals surface area contributed by atoms with Crippen molar-refractivity contribution in [2.45, 2.75) is 52.7 Å². The summed E-state index contributed by atoms with van der Waals surface area (Å²) in [7, 11) is 1.31. The number of nitrogens with one attached hydrogen (secondary N) is 1. The molecule has 3 heterocycles. The molecule has 1 aliphatic heterocycles. The predicted molar refractivity (Wildman–Crippen MR) is 133 cm³/mol. The summed E-state index contributed by atoms with van der Waals surface area (Å²) in [5.74, 6) is -1.43. The van der Waals surface area contributed by atoms with Gasteiger partial charge in [-0.25, -0.2) is 14.2 Å². The molecule has 1 aliphatic rings. The van der Waals surface area contributed by atoms with Crippen molar-refractivity contribution < 1.29 is 28.2 Å². The third-order valence-electron chi connectivity index (χ3n) is 6.10. The average molecular weight is 517 g/mol. The first-order valence-electron chi connectivity index (χ1n) is 11.4. The molecular weight excluding hydrogens is 487 g/mol. The van der Waals surface area contributed by atoms with Crippen molar-refractivity contribution >= 4 is 40.3 Å². The number of nitrogens with two attached hydrogens (primary N) is 1. The van der Waals surface area contributed by atoms with Crippen molar-refractivity contribution in [3.05, 3.63) is 40.0 Å². The number of thiophene rings is 1. The number of H-pyrrole nitrogens is 1. The van der Waals surface area contributed by atoms with E-state index in [0.717, 1.165) is 16.5 Å². The number of aromatic amines is 1. The number of hydrogen-bond acceptors (Lipinski definition) is 7. The molecule has 3 aromatic rings. The second kappa shape index (κ2) is 8.88. The molecule has 0 fully saturated rings. The van der Waals surface area contributed by atoms with Crippen LogP contribution in [0.15, 0.2) is 18.2 Å². The molecule has 11 heteroatoms. The van der Waals surface area contributed by atoms with Crippen molar-refractivity contribution in [2.75, 3.05) is 13.7 Å². The number of esters is 1. The number of halogens is 1. The number of hydrogen-bond donors (Lipinski definition) is 2. The van der Waals surface area contributed by atoms with E-state index in [1.165, 1.54) is 24.5 Å². The summed E-state index contributed by atoms with van der Waals surface area (Å²) in [5, 5.41) is 0. The number of rotatable bonds is 4. The number of carbonyl (C=O) groups excluding carboxylic acids is 3. The molecule has 2 aromatic heterocycles. The van der Waals surface area contributed by atoms with Crippen molar-refractivity contribution in [3.8, 4) is 10.7 Å². The standard InChI is InChI=1S/C25H29FN4O5S/c1-24(2,3)35-23(33)30-8-7-12-9-16(36-18(12)19(30)25(4,5)22(32)34-6)21-28-15-11-13(26)10-14(20(27)31)17(15)29-21/h9-11,19H,7-8H2,1-6H3,(H2,27,31)(H,28,29). The van der Waals surface area contributed by atoms with E-state index in [4.69, 9.17) is 15.2 Å². The van der Waals surface area contributed by atoms with Gasteiger partial charge in [0.1, 0.15) is 22.8 Å². The zero-order valence-electron chi connectivity index (χ0n) is 21.0. The van der Waals surface area contributed by atoms with Gasteiger partial charge < -0.3 is 20.2 Å². The first kappa shape index (κ1) is 25.6. The fourth-order valence-corrected chi connectivity index (χ4v) is 5.95. The van der Waals surface area contributed by atoms with Gasteiger partial charge in [-0.15, -0.1) is 11.3 Å². The Labute approximate surface area is 211 Å². The topological polar surface area (TPSA) is 128 Å². The Morgan fingerprint density at radius 2 is 1.89 bits per heavy atom. The highest BCUT2D eigenvalue weighted by Crippen LogP contribution is 2.48. The lowest BCUT2D eigenvalue weighted by atomic mass is 9.79. The maximum atomic E-state index is 14.0. The van der Waals surface area contributed by atoms with E-state index in [1.54, 1.807) is 39.5 Å². The minimum atomic E-state index is -1.08. The maximum Gasteiger partial charge on any atom is 0.410 e. The van der Waals surface area contributed by atoms with Crippen LogP contribution in [-0.4, -0.2) is 52.1 Å². The molecule has 0 saturated carbocycles. The summed E-state index contributed by atoms with van der Waals surface area (Å²) in [6.45, 7) is 9.18. The van der Waals surface area contributed by atoms with Gasteiger partial charge in [0.15, 0.2) is 0 Å². The molecule has 0 bridgehead atoms. The lowest BCUT2D eigenvalue weighted by Gasteiger charge is -2.43. The number of ether oxygens (including phenoxy) is 2. The molecule has 0 spiro atoms. The normalized spacial score (nSPS) is 16.1. The monoisotopic (exact) mass is 516 g/mol. The summed E-state index contributed by atoms with van der Waals surface area (Å²) >= 11 is 1.36. The van der Waals surface area contributed by atoms with Crippen molar-refractivity contribution in [1.82, 2.24) is 14.9 Å². The lowest BCUT2D eigenvalue weighted by Crippen LogP contribution is -2.50. The number of aromatic nitrogens is 2. The summed E-state index contributed by atoms with van der Waals surface area (Å²) in [6, 6.07) is 3.59. The minimum absolute atomic E-state index is 0.0189. The maximum absolute atomic E-state index is 14.0. The van der Waals surface area contributed by atoms with Gasteiger partial charge in [0.25, 0.3) is 5.91 Å². The van der Waals surface area contributed by atoms with E-state index >= 15 is 0 Å². The second-order valence-electron chi connectivity index (χ2n) is 10.3. The zero-order valence-corrected chi connectivity index (χ0v) is 21.8. The van der Waals surface area contributed by atoms with Crippen LogP contribution in [0.25, 0.3) is 21.7 Å². The molecule has 2 amide bonds. The molecule has 36 heavy (non-hydrogen) atoms. The van der Waals surface area contributed by atoms with Gasteiger partial charge in [-0.2, -0.15) is 0 Å². The summed E-state index contributed by atoms with van der Waals surface area (Å²) in [6.07, 6.45) is 0.0237. The Bertz CT molecular complexity index is 1370. The molecule has 4 rings (SSSR count). The average Bonchev–Trinajstić information content (AvgIpc) is 3.39. The van der Waals surface area contributed by atoms with E-state index in [-0.39, 0.29) is 11.1 Å². The number of imidazole rings is 1. The summed E-state index contributed by atoms with van der Waals surface area (Å²) in [5.41, 5.74) is 5.18. The molecule has 0 radical (unpaired) electrons. The Hall–Kier alpha value is -3.47. The summed E-state index contributed by atoms with van der Waals surface area (Å²) in [4.78, 5) is 48.5. The SMILES string of the molecule is COC(=O)C(C)(C)C1c2sc(-c3nc4c(C(N)=O)cc(F)cc4[nH]3)cc2CCN1C(=O)OC(C)(C)C. The van der Waals surface area contributed by atoms with Gasteiger partial charge in [-0.1, -0.05) is 0 Å². The molecule has 1 unspecified atom stereocenters. The van der Waals surface area contributed by atoms with Crippen LogP contribution in [0.3, 0.4) is 0 Å². The van der Waals surface area contributed by atoms with Crippen molar-refractivity contribution in [2.24, 2.45) is 11.1 Å². The number of amides is 2. The number of methoxy groups -OCH3 is 1. The number of benzene rings is 1. The molecule has 0 aliphatic carbocycles. The largest absolute Gasteiger partial charge is 0.469 e. The van der Waals surface area contributed by atoms with Crippen LogP contribution in [0, 0.1) is 11.2 Å². The van der Waals surface area contributed by atoms with Crippen LogP contribution < -0.4 is 5.73 Å². The molecule has 1 aromatic carbocycles. The van der Waals surface area contributed by atoms with Crippen LogP contribution in [0.5, 0.6) is 0 Å². The number of carbonyl (C=O) groups is 3. The Morgan fingerprint density at radius 1 is 1.19 bits per heavy atom. The molecule has 0 saturated heterocycles. The fraction of sp³-hybridized carbons (Fsp3) is 0.440. The number of nitrogens with zero attached hydrogens (tertiary/aromatic N) is 2. The van der Waals surface area contributed by atoms with Gasteiger partial charge in [0.05, 0.1) is 34.5 Å². The van der Waals surface area contributed by atoms with Crippen molar-refractivity contribution in [1.29, 1.82) is 0 Å². The van der Waals surface area contributed by atoms with E-state index in [0.29, 0.717) is 29.2 Å². The Kier molecular flexibility index (Phi) is 6.32. The third kappa shape index (κ3) is 4.55. The number of primary amides is 1. The smallest absolute Gasteiger partial charge is 0.410 e. The molecule has 9 nitrogen and oxygen atoms in total. The van der Waals surface area contributed by atoms with Crippen LogP contribution >= 0.6 is 11.3 Å². The molecule has 192 valence electrons. The highest BCUT2D eigenvalue weighted by molar-refractivity contribution is 7.15. The first-order chi connectivity index (χ1) is 16.7. The van der Waals surface area contributed by atoms with Crippen LogP contribution in [-0.2, 0) is 20.7 Å². The highest BCUT2D eigenvalue weighted by atomic mass is 32.1. The Balaban J connectivity index is 1.83. The van der Waals surface area contributed by atoms with E-state index in [2.05, 4.69) is 9.97 Å². The van der Waals surface area contributed by atoms with Crippen LogP contribution in [0.1, 0.15) is 61.5 Å². The van der Waals surface area contributed by atoms with E-state index in [9.17, 15) is 18.8 Å². The minimum Gasteiger partial charge on any atom is -0.469 e. The zero-order chi connectivity index (χ0) is 26.6. The fourth-order valence-electron chi connectivity index (χ4n) is 4.49. The van der Waals surface area contributed by atoms with Gasteiger partial charge in [-0.05, 0) is 64.8 Å². The van der Waals surface area contributed by atoms with Crippen molar-refractivity contribution in [3.63, 3.8) is 0 Å². The molecule has 3 N–H and O–H groups in total. The Morgan fingerprint density at radius 3 is 2.50 bits per heavy atom. The van der Waals surface area contributed by atoms with Gasteiger partial charge in [0.2, 0.25) is 0 Å². The lowest BCUT2D eigenvalue weighted by molar-refractivity contribution is -0.155. The number of fused-ring (bicyclic) bond motifs is 2. The first-order valence-corrected chi connectivity index (χ1v) is 12.2.